The largest absolute Gasteiger partial charge is 0.405 e. The molecule has 0 spiro atoms. The van der Waals surface area contributed by atoms with Gasteiger partial charge in [-0.05, 0) is 0 Å². The van der Waals surface area contributed by atoms with Gasteiger partial charge in [0, 0.05) is 46.8 Å². The molecule has 1 unspecified atom stereocenters. The molecule has 0 aliphatic carbocycles. The highest BCUT2D eigenvalue weighted by atomic mass is 19.4. The van der Waals surface area contributed by atoms with Crippen LogP contribution in [0, 0.1) is 0 Å². The van der Waals surface area contributed by atoms with Crippen LogP contribution in [0.3, 0.4) is 0 Å². The highest BCUT2D eigenvalue weighted by Gasteiger charge is 2.43. The number of carbonyl (C=O) groups excluding carboxylic acids is 2. The fourth-order valence-corrected chi connectivity index (χ4v) is 2.49. The zero-order chi connectivity index (χ0) is 19.3. The van der Waals surface area contributed by atoms with E-state index < -0.39 is 24.7 Å². The smallest absolute Gasteiger partial charge is 0.349 e. The summed E-state index contributed by atoms with van der Waals surface area (Å²) in [5.41, 5.74) is -0.141. The third-order valence-corrected chi connectivity index (χ3v) is 3.99. The Morgan fingerprint density at radius 2 is 2.00 bits per heavy atom. The lowest BCUT2D eigenvalue weighted by Crippen LogP contribution is -2.57. The first-order chi connectivity index (χ1) is 12.2. The minimum atomic E-state index is -4.46. The molecular weight excluding hydrogens is 355 g/mol. The number of hydrogen-bond acceptors (Lipinski definition) is 6. The van der Waals surface area contributed by atoms with E-state index in [0.29, 0.717) is 13.1 Å². The molecule has 9 nitrogen and oxygen atoms in total. The first kappa shape index (κ1) is 20.1. The molecule has 1 saturated heterocycles. The molecule has 2 rings (SSSR count). The highest BCUT2D eigenvalue weighted by Crippen LogP contribution is 2.24. The number of nitrogens with zero attached hydrogens (tertiary/aromatic N) is 5. The number of amides is 2. The van der Waals surface area contributed by atoms with Crippen molar-refractivity contribution in [3.63, 3.8) is 0 Å². The first-order valence-corrected chi connectivity index (χ1v) is 8.08. The predicted molar refractivity (Wildman–Crippen MR) is 85.3 cm³/mol. The van der Waals surface area contributed by atoms with E-state index in [2.05, 4.69) is 20.9 Å². The van der Waals surface area contributed by atoms with Crippen molar-refractivity contribution >= 4 is 11.8 Å². The molecule has 2 heterocycles. The second kappa shape index (κ2) is 8.45. The van der Waals surface area contributed by atoms with E-state index in [-0.39, 0.29) is 31.2 Å². The normalized spacial score (nSPS) is 17.0. The van der Waals surface area contributed by atoms with Crippen molar-refractivity contribution < 1.29 is 22.8 Å². The van der Waals surface area contributed by atoms with Crippen molar-refractivity contribution in [3.05, 3.63) is 11.9 Å². The van der Waals surface area contributed by atoms with E-state index in [1.165, 1.54) is 16.0 Å². The molecule has 0 saturated carbocycles. The number of likely N-dealkylation sites (N-methyl/N-ethyl adjacent to an activating group) is 1. The molecular formula is C14H22F3N7O2. The summed E-state index contributed by atoms with van der Waals surface area (Å²) < 4.78 is 41.0. The van der Waals surface area contributed by atoms with Crippen LogP contribution in [0.5, 0.6) is 0 Å². The molecule has 12 heteroatoms. The van der Waals surface area contributed by atoms with Crippen LogP contribution < -0.4 is 10.6 Å². The van der Waals surface area contributed by atoms with Gasteiger partial charge in [-0.3, -0.25) is 14.5 Å². The number of hydrogen-bond donors (Lipinski definition) is 2. The maximum atomic E-state index is 13.3. The lowest BCUT2D eigenvalue weighted by molar-refractivity contribution is -0.183. The Balaban J connectivity index is 1.95. The van der Waals surface area contributed by atoms with Gasteiger partial charge in [0.15, 0.2) is 5.69 Å². The van der Waals surface area contributed by atoms with E-state index in [0.717, 1.165) is 4.68 Å². The van der Waals surface area contributed by atoms with Crippen molar-refractivity contribution in [2.45, 2.75) is 18.8 Å². The Bertz CT molecular complexity index is 626. The maximum Gasteiger partial charge on any atom is 0.405 e. The highest BCUT2D eigenvalue weighted by molar-refractivity contribution is 5.91. The summed E-state index contributed by atoms with van der Waals surface area (Å²) in [5.74, 6) is -1.02. The molecule has 26 heavy (non-hydrogen) atoms. The van der Waals surface area contributed by atoms with E-state index in [9.17, 15) is 22.8 Å². The van der Waals surface area contributed by atoms with Gasteiger partial charge in [0.25, 0.3) is 5.91 Å². The number of piperazine rings is 1. The van der Waals surface area contributed by atoms with E-state index >= 15 is 0 Å². The van der Waals surface area contributed by atoms with Gasteiger partial charge in [-0.25, -0.2) is 4.68 Å². The van der Waals surface area contributed by atoms with Gasteiger partial charge in [0.05, 0.1) is 6.20 Å². The topological polar surface area (TPSA) is 95.4 Å². The fourth-order valence-electron chi connectivity index (χ4n) is 2.49. The summed E-state index contributed by atoms with van der Waals surface area (Å²) in [4.78, 5) is 26.3. The summed E-state index contributed by atoms with van der Waals surface area (Å²) in [6, 6.07) is -1.76. The second-order valence-corrected chi connectivity index (χ2v) is 6.14. The van der Waals surface area contributed by atoms with Crippen LogP contribution in [0.4, 0.5) is 13.2 Å². The molecule has 1 aromatic rings. The van der Waals surface area contributed by atoms with Crippen LogP contribution in [0.15, 0.2) is 6.20 Å². The molecule has 0 radical (unpaired) electrons. The molecule has 146 valence electrons. The van der Waals surface area contributed by atoms with Crippen molar-refractivity contribution in [2.75, 3.05) is 46.8 Å². The quantitative estimate of drug-likeness (QED) is 0.656. The summed E-state index contributed by atoms with van der Waals surface area (Å²) in [5, 5.41) is 12.5. The van der Waals surface area contributed by atoms with Crippen LogP contribution in [0.25, 0.3) is 0 Å². The van der Waals surface area contributed by atoms with Crippen molar-refractivity contribution in [1.82, 2.24) is 35.4 Å². The molecule has 0 aromatic carbocycles. The molecule has 0 bridgehead atoms. The van der Waals surface area contributed by atoms with Crippen molar-refractivity contribution in [3.8, 4) is 0 Å². The number of rotatable bonds is 6. The minimum absolute atomic E-state index is 0.112. The van der Waals surface area contributed by atoms with Crippen LogP contribution in [-0.4, -0.2) is 95.6 Å². The van der Waals surface area contributed by atoms with E-state index in [1.807, 2.05) is 0 Å². The van der Waals surface area contributed by atoms with Gasteiger partial charge in [0.2, 0.25) is 5.91 Å². The first-order valence-electron chi connectivity index (χ1n) is 8.08. The lowest BCUT2D eigenvalue weighted by Gasteiger charge is -2.35. The monoisotopic (exact) mass is 377 g/mol. The van der Waals surface area contributed by atoms with Crippen molar-refractivity contribution in [1.29, 1.82) is 0 Å². The van der Waals surface area contributed by atoms with Gasteiger partial charge < -0.3 is 15.5 Å². The van der Waals surface area contributed by atoms with Crippen LogP contribution in [-0.2, 0) is 11.3 Å². The van der Waals surface area contributed by atoms with Gasteiger partial charge >= 0.3 is 6.18 Å². The summed E-state index contributed by atoms with van der Waals surface area (Å²) in [6.45, 7) is 0.750. The fraction of sp³-hybridized carbons (Fsp3) is 0.714. The Hall–Kier alpha value is -2.21. The number of nitrogens with one attached hydrogen (secondary N) is 2. The van der Waals surface area contributed by atoms with Gasteiger partial charge in [-0.1, -0.05) is 5.21 Å². The maximum absolute atomic E-state index is 13.3. The summed E-state index contributed by atoms with van der Waals surface area (Å²) in [7, 11) is 3.14. The number of halogens is 3. The average Bonchev–Trinajstić information content (AvgIpc) is 3.03. The molecule has 1 aromatic heterocycles. The Morgan fingerprint density at radius 1 is 1.35 bits per heavy atom. The minimum Gasteiger partial charge on any atom is -0.349 e. The van der Waals surface area contributed by atoms with E-state index in [1.54, 1.807) is 14.1 Å². The number of aromatic nitrogens is 3. The summed E-state index contributed by atoms with van der Waals surface area (Å²) in [6.07, 6.45) is -3.23. The molecule has 2 N–H and O–H groups in total. The SMILES string of the molecule is CN(C)C(=O)Cn1cc(C(=O)NCC(N2CCNCC2)C(F)(F)F)nn1. The molecule has 2 amide bonds. The predicted octanol–water partition coefficient (Wildman–Crippen LogP) is -1.07. The average molecular weight is 377 g/mol. The third kappa shape index (κ3) is 5.39. The van der Waals surface area contributed by atoms with Crippen molar-refractivity contribution in [2.24, 2.45) is 0 Å². The van der Waals surface area contributed by atoms with Gasteiger partial charge in [-0.15, -0.1) is 5.10 Å². The van der Waals surface area contributed by atoms with Crippen LogP contribution in [0.2, 0.25) is 0 Å². The van der Waals surface area contributed by atoms with Gasteiger partial charge in [-0.2, -0.15) is 13.2 Å². The Kier molecular flexibility index (Phi) is 6.53. The zero-order valence-corrected chi connectivity index (χ0v) is 14.6. The zero-order valence-electron chi connectivity index (χ0n) is 14.6. The van der Waals surface area contributed by atoms with Gasteiger partial charge in [0.1, 0.15) is 12.6 Å². The second-order valence-electron chi connectivity index (χ2n) is 6.14. The lowest BCUT2D eigenvalue weighted by atomic mass is 10.2. The molecule has 1 atom stereocenters. The Labute approximate surface area is 148 Å². The standard InChI is InChI=1S/C14H22F3N7O2/c1-22(2)12(25)9-24-8-10(20-21-24)13(26)19-7-11(14(15,16)17)23-5-3-18-4-6-23/h8,11,18H,3-7,9H2,1-2H3,(H,19,26). The summed E-state index contributed by atoms with van der Waals surface area (Å²) >= 11 is 0. The molecule has 1 aliphatic rings. The molecule has 1 fully saturated rings. The number of carbonyl (C=O) groups is 2. The van der Waals surface area contributed by atoms with E-state index in [4.69, 9.17) is 0 Å². The molecule has 1 aliphatic heterocycles. The number of alkyl halides is 3. The van der Waals surface area contributed by atoms with Crippen LogP contribution >= 0.6 is 0 Å². The Morgan fingerprint density at radius 3 is 2.58 bits per heavy atom. The third-order valence-electron chi connectivity index (χ3n) is 3.99. The van der Waals surface area contributed by atoms with Crippen LogP contribution in [0.1, 0.15) is 10.5 Å².